The zero-order valence-electron chi connectivity index (χ0n) is 9.15. The van der Waals surface area contributed by atoms with E-state index in [0.29, 0.717) is 5.69 Å². The number of hydrogen-bond acceptors (Lipinski definition) is 5. The van der Waals surface area contributed by atoms with Gasteiger partial charge in [-0.2, -0.15) is 23.7 Å². The lowest BCUT2D eigenvalue weighted by atomic mass is 10.3. The van der Waals surface area contributed by atoms with Crippen LogP contribution in [0.4, 0.5) is 20.4 Å². The Morgan fingerprint density at radius 2 is 1.58 bits per heavy atom. The number of nitrogens with one attached hydrogen (secondary N) is 1. The van der Waals surface area contributed by atoms with E-state index in [0.717, 1.165) is 0 Å². The van der Waals surface area contributed by atoms with Crippen molar-refractivity contribution in [1.82, 2.24) is 15.0 Å². The van der Waals surface area contributed by atoms with Crippen LogP contribution in [0.2, 0.25) is 10.6 Å². The van der Waals surface area contributed by atoms with E-state index < -0.39 is 6.61 Å². The number of benzene rings is 1. The Morgan fingerprint density at radius 3 is 2.11 bits per heavy atom. The summed E-state index contributed by atoms with van der Waals surface area (Å²) < 4.78 is 28.1. The van der Waals surface area contributed by atoms with E-state index in [2.05, 4.69) is 25.0 Å². The number of aromatic nitrogens is 3. The summed E-state index contributed by atoms with van der Waals surface area (Å²) in [5.74, 6) is 0.194. The minimum atomic E-state index is -2.86. The lowest BCUT2D eigenvalue weighted by Crippen LogP contribution is -2.02. The van der Waals surface area contributed by atoms with Gasteiger partial charge in [-0.25, -0.2) is 0 Å². The van der Waals surface area contributed by atoms with Crippen molar-refractivity contribution < 1.29 is 13.5 Å². The molecule has 100 valence electrons. The van der Waals surface area contributed by atoms with Crippen LogP contribution in [-0.2, 0) is 0 Å². The lowest BCUT2D eigenvalue weighted by Gasteiger charge is -2.07. The molecule has 5 nitrogen and oxygen atoms in total. The van der Waals surface area contributed by atoms with E-state index in [9.17, 15) is 8.78 Å². The largest absolute Gasteiger partial charge is 0.435 e. The number of hydrogen-bond donors (Lipinski definition) is 1. The van der Waals surface area contributed by atoms with Gasteiger partial charge in [0.1, 0.15) is 5.75 Å². The Kier molecular flexibility index (Phi) is 4.28. The molecule has 0 atom stereocenters. The van der Waals surface area contributed by atoms with E-state index in [1.54, 1.807) is 0 Å². The number of anilines is 2. The van der Waals surface area contributed by atoms with Gasteiger partial charge in [0.2, 0.25) is 16.5 Å². The first-order valence-electron chi connectivity index (χ1n) is 4.92. The molecule has 0 bridgehead atoms. The Morgan fingerprint density at radius 1 is 1.00 bits per heavy atom. The smallest absolute Gasteiger partial charge is 0.387 e. The van der Waals surface area contributed by atoms with Crippen molar-refractivity contribution >= 4 is 34.8 Å². The first-order chi connectivity index (χ1) is 9.02. The minimum absolute atomic E-state index is 0.0484. The average molecular weight is 307 g/mol. The summed E-state index contributed by atoms with van der Waals surface area (Å²) in [6.45, 7) is -2.86. The van der Waals surface area contributed by atoms with Crippen molar-refractivity contribution in [2.75, 3.05) is 5.32 Å². The van der Waals surface area contributed by atoms with Crippen molar-refractivity contribution in [1.29, 1.82) is 0 Å². The molecule has 0 aliphatic rings. The summed E-state index contributed by atoms with van der Waals surface area (Å²) in [7, 11) is 0. The molecule has 1 heterocycles. The predicted octanol–water partition coefficient (Wildman–Crippen LogP) is 3.52. The fourth-order valence-electron chi connectivity index (χ4n) is 1.23. The van der Waals surface area contributed by atoms with Gasteiger partial charge in [0.15, 0.2) is 0 Å². The summed E-state index contributed by atoms with van der Waals surface area (Å²) >= 11 is 11.2. The molecule has 0 aliphatic heterocycles. The standard InChI is InChI=1S/C10H6Cl2F2N4O/c11-7-16-8(12)18-10(17-7)15-5-1-3-6(4-2-5)19-9(13)14/h1-4,9H,(H,15,16,17,18). The van der Waals surface area contributed by atoms with Gasteiger partial charge in [0.05, 0.1) is 0 Å². The van der Waals surface area contributed by atoms with E-state index in [-0.39, 0.29) is 22.3 Å². The molecule has 0 aliphatic carbocycles. The molecular weight excluding hydrogens is 301 g/mol. The minimum Gasteiger partial charge on any atom is -0.435 e. The topological polar surface area (TPSA) is 59.9 Å². The zero-order chi connectivity index (χ0) is 13.8. The molecule has 0 fully saturated rings. The molecule has 9 heteroatoms. The monoisotopic (exact) mass is 306 g/mol. The molecule has 1 aromatic carbocycles. The normalized spacial score (nSPS) is 10.6. The highest BCUT2D eigenvalue weighted by molar-refractivity contribution is 6.31. The maximum Gasteiger partial charge on any atom is 0.387 e. The van der Waals surface area contributed by atoms with Gasteiger partial charge in [-0.1, -0.05) is 0 Å². The van der Waals surface area contributed by atoms with Crippen LogP contribution < -0.4 is 10.1 Å². The second-order valence-corrected chi connectivity index (χ2v) is 3.90. The molecule has 0 spiro atoms. The average Bonchev–Trinajstić information content (AvgIpc) is 2.29. The van der Waals surface area contributed by atoms with Crippen LogP contribution in [0.25, 0.3) is 0 Å². The molecule has 0 saturated heterocycles. The molecule has 1 aromatic heterocycles. The van der Waals surface area contributed by atoms with Crippen LogP contribution >= 0.6 is 23.2 Å². The highest BCUT2D eigenvalue weighted by Gasteiger charge is 2.06. The Hall–Kier alpha value is -1.73. The van der Waals surface area contributed by atoms with Crippen molar-refractivity contribution in [3.63, 3.8) is 0 Å². The molecule has 0 radical (unpaired) electrons. The van der Waals surface area contributed by atoms with Gasteiger partial charge in [-0.3, -0.25) is 0 Å². The van der Waals surface area contributed by atoms with Gasteiger partial charge in [0, 0.05) is 5.69 Å². The summed E-state index contributed by atoms with van der Waals surface area (Å²) in [6.07, 6.45) is 0. The number of ether oxygens (including phenoxy) is 1. The SMILES string of the molecule is FC(F)Oc1ccc(Nc2nc(Cl)nc(Cl)n2)cc1. The quantitative estimate of drug-likeness (QED) is 0.936. The number of nitrogens with zero attached hydrogens (tertiary/aromatic N) is 3. The third-order valence-electron chi connectivity index (χ3n) is 1.92. The molecule has 1 N–H and O–H groups in total. The van der Waals surface area contributed by atoms with E-state index in [1.807, 2.05) is 0 Å². The van der Waals surface area contributed by atoms with E-state index in [1.165, 1.54) is 24.3 Å². The fraction of sp³-hybridized carbons (Fsp3) is 0.100. The van der Waals surface area contributed by atoms with Gasteiger partial charge >= 0.3 is 6.61 Å². The summed E-state index contributed by atoms with van der Waals surface area (Å²) in [5.41, 5.74) is 0.556. The first-order valence-corrected chi connectivity index (χ1v) is 5.67. The van der Waals surface area contributed by atoms with Crippen molar-refractivity contribution in [2.24, 2.45) is 0 Å². The molecular formula is C10H6Cl2F2N4O. The third-order valence-corrected chi connectivity index (χ3v) is 2.25. The van der Waals surface area contributed by atoms with Crippen molar-refractivity contribution in [2.45, 2.75) is 6.61 Å². The van der Waals surface area contributed by atoms with Crippen LogP contribution in [0.1, 0.15) is 0 Å². The van der Waals surface area contributed by atoms with Gasteiger partial charge in [-0.15, -0.1) is 0 Å². The third kappa shape index (κ3) is 4.15. The van der Waals surface area contributed by atoms with E-state index in [4.69, 9.17) is 23.2 Å². The zero-order valence-corrected chi connectivity index (χ0v) is 10.7. The summed E-state index contributed by atoms with van der Waals surface area (Å²) in [5, 5.41) is 2.68. The Balaban J connectivity index is 2.10. The lowest BCUT2D eigenvalue weighted by molar-refractivity contribution is -0.0498. The number of halogens is 4. The Labute approximate surface area is 116 Å². The van der Waals surface area contributed by atoms with E-state index >= 15 is 0 Å². The highest BCUT2D eigenvalue weighted by Crippen LogP contribution is 2.20. The predicted molar refractivity (Wildman–Crippen MR) is 66.2 cm³/mol. The van der Waals surface area contributed by atoms with Crippen LogP contribution in [-0.4, -0.2) is 21.6 Å². The molecule has 0 saturated carbocycles. The fourth-order valence-corrected chi connectivity index (χ4v) is 1.59. The summed E-state index contributed by atoms with van der Waals surface area (Å²) in [6, 6.07) is 5.78. The maximum atomic E-state index is 12.0. The number of alkyl halides is 2. The molecule has 0 unspecified atom stereocenters. The van der Waals surface area contributed by atoms with Crippen LogP contribution in [0.5, 0.6) is 5.75 Å². The van der Waals surface area contributed by atoms with Crippen LogP contribution in [0.15, 0.2) is 24.3 Å². The summed E-state index contributed by atoms with van der Waals surface area (Å²) in [4.78, 5) is 11.2. The molecule has 2 rings (SSSR count). The van der Waals surface area contributed by atoms with Gasteiger partial charge in [-0.05, 0) is 47.5 Å². The number of rotatable bonds is 4. The highest BCUT2D eigenvalue weighted by atomic mass is 35.5. The molecule has 2 aromatic rings. The van der Waals surface area contributed by atoms with Crippen LogP contribution in [0, 0.1) is 0 Å². The van der Waals surface area contributed by atoms with Gasteiger partial charge in [0.25, 0.3) is 0 Å². The molecule has 19 heavy (non-hydrogen) atoms. The second-order valence-electron chi connectivity index (χ2n) is 3.22. The van der Waals surface area contributed by atoms with Crippen molar-refractivity contribution in [3.8, 4) is 5.75 Å². The first kappa shape index (κ1) is 13.7. The second kappa shape index (κ2) is 5.94. The van der Waals surface area contributed by atoms with Gasteiger partial charge < -0.3 is 10.1 Å². The molecule has 0 amide bonds. The maximum absolute atomic E-state index is 12.0. The Bertz CT molecular complexity index is 548. The van der Waals surface area contributed by atoms with Crippen molar-refractivity contribution in [3.05, 3.63) is 34.8 Å². The van der Waals surface area contributed by atoms with Crippen LogP contribution in [0.3, 0.4) is 0 Å².